The van der Waals surface area contributed by atoms with Crippen molar-refractivity contribution in [2.45, 2.75) is 30.9 Å². The summed E-state index contributed by atoms with van der Waals surface area (Å²) in [6.45, 7) is 2.23. The number of pyridine rings is 1. The number of phenols is 2. The molecule has 1 fully saturated rings. The molecule has 5 rings (SSSR count). The number of hydrogen-bond acceptors (Lipinski definition) is 14. The van der Waals surface area contributed by atoms with Crippen molar-refractivity contribution in [3.05, 3.63) is 64.4 Å². The van der Waals surface area contributed by atoms with Gasteiger partial charge in [-0.2, -0.15) is 0 Å². The number of benzene rings is 1. The molecule has 3 amide bonds. The molecule has 17 nitrogen and oxygen atoms in total. The lowest BCUT2D eigenvalue weighted by molar-refractivity contribution is -0.161. The summed E-state index contributed by atoms with van der Waals surface area (Å²) in [5.74, 6) is -5.50. The predicted octanol–water partition coefficient (Wildman–Crippen LogP) is 0.951. The molecule has 1 saturated heterocycles. The van der Waals surface area contributed by atoms with Gasteiger partial charge in [0.25, 0.3) is 17.7 Å². The number of rotatable bonds is 11. The Morgan fingerprint density at radius 3 is 2.50 bits per heavy atom. The molecule has 1 aromatic carbocycles. The molecule has 0 spiro atoms. The predicted molar refractivity (Wildman–Crippen MR) is 171 cm³/mol. The number of aromatic hydroxyl groups is 2. The van der Waals surface area contributed by atoms with E-state index in [1.807, 2.05) is 0 Å². The van der Waals surface area contributed by atoms with Crippen molar-refractivity contribution in [2.75, 3.05) is 18.0 Å². The summed E-state index contributed by atoms with van der Waals surface area (Å²) in [6, 6.07) is 6.02. The van der Waals surface area contributed by atoms with Crippen LogP contribution >= 0.6 is 23.1 Å². The maximum atomic E-state index is 13.3. The minimum atomic E-state index is -1.80. The van der Waals surface area contributed by atoms with Gasteiger partial charge in [0.1, 0.15) is 22.8 Å². The summed E-state index contributed by atoms with van der Waals surface area (Å²) < 4.78 is 0. The van der Waals surface area contributed by atoms with Gasteiger partial charge in [-0.3, -0.25) is 24.3 Å². The van der Waals surface area contributed by atoms with E-state index in [-0.39, 0.29) is 51.5 Å². The van der Waals surface area contributed by atoms with Crippen molar-refractivity contribution >= 4 is 63.6 Å². The van der Waals surface area contributed by atoms with Gasteiger partial charge in [-0.25, -0.2) is 14.6 Å². The highest BCUT2D eigenvalue weighted by Gasteiger charge is 2.54. The van der Waals surface area contributed by atoms with Crippen LogP contribution in [0.2, 0.25) is 0 Å². The summed E-state index contributed by atoms with van der Waals surface area (Å²) in [5, 5.41) is 48.1. The molecule has 3 aromatic rings. The van der Waals surface area contributed by atoms with Crippen molar-refractivity contribution in [1.82, 2.24) is 25.5 Å². The lowest BCUT2D eigenvalue weighted by Gasteiger charge is -2.49. The third kappa shape index (κ3) is 6.72. The Morgan fingerprint density at radius 2 is 1.90 bits per heavy atom. The Labute approximate surface area is 279 Å². The van der Waals surface area contributed by atoms with Crippen LogP contribution in [0.1, 0.15) is 29.9 Å². The number of anilines is 1. The van der Waals surface area contributed by atoms with E-state index in [0.717, 1.165) is 28.0 Å². The van der Waals surface area contributed by atoms with E-state index in [1.165, 1.54) is 49.7 Å². The second-order valence-electron chi connectivity index (χ2n) is 10.9. The van der Waals surface area contributed by atoms with E-state index < -0.39 is 52.4 Å². The second-order valence-corrected chi connectivity index (χ2v) is 12.8. The van der Waals surface area contributed by atoms with Gasteiger partial charge >= 0.3 is 11.9 Å². The van der Waals surface area contributed by atoms with E-state index in [9.17, 15) is 44.4 Å². The lowest BCUT2D eigenvalue weighted by Crippen LogP contribution is -2.71. The standard InChI is InChI=1S/C29H27N7O10S2/c1-29(2,27(44)45)46-35-19(16-11-48-28(30)33-16)23(40)34-20-24(41)36-21(26(42)43)14(10-47-25(20)36)9-32-22(39)13-3-5-15(31-8-13)12-4-6-17(37)18(38)7-12/h3-8,11,20,25,37-38H,9-10H2,1-2H3,(H2,30,33)(H,32,39)(H,34,40)(H,42,43)(H,44,45)/b35-19-/t20?,25-/m1/s1. The zero-order valence-electron chi connectivity index (χ0n) is 25.0. The highest BCUT2D eigenvalue weighted by atomic mass is 32.2. The number of carbonyl (C=O) groups excluding carboxylic acids is 3. The molecule has 0 saturated carbocycles. The highest BCUT2D eigenvalue weighted by molar-refractivity contribution is 8.00. The number of phenolic OH excluding ortho intramolecular Hbond substituents is 2. The van der Waals surface area contributed by atoms with E-state index in [2.05, 4.69) is 25.8 Å². The molecule has 0 aliphatic carbocycles. The Hall–Kier alpha value is -5.69. The summed E-state index contributed by atoms with van der Waals surface area (Å²) in [4.78, 5) is 77.4. The topological polar surface area (TPSA) is 267 Å². The first-order valence-corrected chi connectivity index (χ1v) is 15.8. The van der Waals surface area contributed by atoms with Crippen LogP contribution in [0.3, 0.4) is 0 Å². The monoisotopic (exact) mass is 697 g/mol. The number of carbonyl (C=O) groups is 5. The minimum Gasteiger partial charge on any atom is -0.504 e. The van der Waals surface area contributed by atoms with E-state index >= 15 is 0 Å². The van der Waals surface area contributed by atoms with Crippen LogP contribution in [0, 0.1) is 0 Å². The van der Waals surface area contributed by atoms with Crippen LogP contribution in [0.4, 0.5) is 5.13 Å². The SMILES string of the molecule is CC(C)(O/N=C(\C(=O)NC1C(=O)N2C(C(=O)O)=C(CNC(=O)c3ccc(-c4ccc(O)c(O)c4)nc3)CS[C@H]12)c1csc(N)n1)C(=O)O. The average Bonchev–Trinajstić information content (AvgIpc) is 3.48. The fraction of sp³-hybridized carbons (Fsp3) is 0.241. The Morgan fingerprint density at radius 1 is 1.15 bits per heavy atom. The van der Waals surface area contributed by atoms with Gasteiger partial charge in [-0.15, -0.1) is 23.1 Å². The van der Waals surface area contributed by atoms with Crippen LogP contribution in [0.15, 0.2) is 58.3 Å². The molecule has 1 unspecified atom stereocenters. The van der Waals surface area contributed by atoms with Gasteiger partial charge in [0, 0.05) is 29.4 Å². The zero-order chi connectivity index (χ0) is 34.9. The molecular weight excluding hydrogens is 670 g/mol. The number of carboxylic acid groups (broad SMARTS) is 2. The number of amides is 3. The molecule has 2 aliphatic heterocycles. The van der Waals surface area contributed by atoms with E-state index in [4.69, 9.17) is 10.6 Å². The first-order chi connectivity index (χ1) is 22.7. The fourth-order valence-corrected chi connectivity index (χ4v) is 6.39. The molecular formula is C29H27N7O10S2. The van der Waals surface area contributed by atoms with Crippen LogP contribution in [-0.4, -0.2) is 100.0 Å². The maximum absolute atomic E-state index is 13.3. The van der Waals surface area contributed by atoms with Crippen LogP contribution in [0.25, 0.3) is 11.3 Å². The van der Waals surface area contributed by atoms with E-state index in [1.54, 1.807) is 6.07 Å². The number of β-lactam (4-membered cyclic amide) rings is 1. The Balaban J connectivity index is 1.27. The Kier molecular flexibility index (Phi) is 9.26. The smallest absolute Gasteiger partial charge is 0.352 e. The number of carboxylic acids is 2. The first kappa shape index (κ1) is 33.7. The summed E-state index contributed by atoms with van der Waals surface area (Å²) in [7, 11) is 0. The second kappa shape index (κ2) is 13.2. The van der Waals surface area contributed by atoms with Crippen LogP contribution in [0.5, 0.6) is 11.5 Å². The number of nitrogens with one attached hydrogen (secondary N) is 2. The van der Waals surface area contributed by atoms with Crippen LogP contribution < -0.4 is 16.4 Å². The van der Waals surface area contributed by atoms with Crippen molar-refractivity contribution in [1.29, 1.82) is 0 Å². The molecule has 0 radical (unpaired) electrons. The summed E-state index contributed by atoms with van der Waals surface area (Å²) in [6.07, 6.45) is 1.30. The molecule has 48 heavy (non-hydrogen) atoms. The number of nitrogen functional groups attached to an aromatic ring is 1. The summed E-state index contributed by atoms with van der Waals surface area (Å²) in [5.41, 5.74) is 4.43. The van der Waals surface area contributed by atoms with E-state index in [0.29, 0.717) is 11.3 Å². The largest absolute Gasteiger partial charge is 0.504 e. The average molecular weight is 698 g/mol. The minimum absolute atomic E-state index is 0.0234. The normalized spacial score (nSPS) is 17.7. The molecule has 19 heteroatoms. The molecule has 2 aromatic heterocycles. The molecule has 2 aliphatic rings. The van der Waals surface area contributed by atoms with Gasteiger partial charge in [0.05, 0.1) is 11.3 Å². The number of aliphatic carboxylic acids is 2. The number of nitrogens with two attached hydrogens (primary N) is 1. The lowest BCUT2D eigenvalue weighted by atomic mass is 10.0. The molecule has 0 bridgehead atoms. The fourth-order valence-electron chi connectivity index (χ4n) is 4.50. The number of thioether (sulfide) groups is 1. The molecule has 250 valence electrons. The highest BCUT2D eigenvalue weighted by Crippen LogP contribution is 2.40. The number of thiazole rings is 1. The number of hydrogen-bond donors (Lipinski definition) is 7. The van der Waals surface area contributed by atoms with Crippen molar-refractivity contribution in [3.8, 4) is 22.8 Å². The van der Waals surface area contributed by atoms with Gasteiger partial charge in [-0.1, -0.05) is 5.16 Å². The van der Waals surface area contributed by atoms with Gasteiger partial charge < -0.3 is 41.6 Å². The number of oxime groups is 1. The molecule has 4 heterocycles. The zero-order valence-corrected chi connectivity index (χ0v) is 26.7. The number of fused-ring (bicyclic) bond motifs is 1. The molecule has 8 N–H and O–H groups in total. The first-order valence-electron chi connectivity index (χ1n) is 13.9. The molecule has 2 atom stereocenters. The number of nitrogens with zero attached hydrogens (tertiary/aromatic N) is 4. The van der Waals surface area contributed by atoms with Crippen molar-refractivity contribution in [2.24, 2.45) is 5.16 Å². The Bertz CT molecular complexity index is 1890. The quantitative estimate of drug-likeness (QED) is 0.0637. The maximum Gasteiger partial charge on any atom is 0.352 e. The third-order valence-corrected chi connectivity index (χ3v) is 9.17. The van der Waals surface area contributed by atoms with Crippen molar-refractivity contribution < 1.29 is 49.2 Å². The van der Waals surface area contributed by atoms with Gasteiger partial charge in [0.2, 0.25) is 5.60 Å². The number of aromatic nitrogens is 2. The van der Waals surface area contributed by atoms with Gasteiger partial charge in [-0.05, 0) is 49.8 Å². The van der Waals surface area contributed by atoms with Gasteiger partial charge in [0.15, 0.2) is 22.3 Å². The summed E-state index contributed by atoms with van der Waals surface area (Å²) >= 11 is 2.15. The van der Waals surface area contributed by atoms with Crippen molar-refractivity contribution in [3.63, 3.8) is 0 Å². The third-order valence-electron chi connectivity index (χ3n) is 7.16. The van der Waals surface area contributed by atoms with Crippen LogP contribution in [-0.2, 0) is 24.0 Å².